The maximum atomic E-state index is 14.3. The molecule has 0 atom stereocenters. The van der Waals surface area contributed by atoms with E-state index in [9.17, 15) is 27.9 Å². The standard InChI is InChI=1S/C37H46F3N5O5/c1-24-19-28(9-12-33(24)49-2)26-5-3-25(4-6-26)22-44(34-20-29(13-16-41-34)30-21-42-45(23-30)37(38,39)40)35(47)27-7-10-32(11-8-27)50-36(48)43-17-14-31(46)15-18-43/h9,12-13,16,19-21,23,25-27,31-32,46H,3-8,10-11,14-15,17-18,22H2,1-2H3. The van der Waals surface area contributed by atoms with E-state index in [-0.39, 0.29) is 46.3 Å². The van der Waals surface area contributed by atoms with Crippen molar-refractivity contribution in [3.05, 3.63) is 60.0 Å². The van der Waals surface area contributed by atoms with Crippen molar-refractivity contribution >= 4 is 17.8 Å². The topological polar surface area (TPSA) is 110 Å². The molecule has 13 heteroatoms. The van der Waals surface area contributed by atoms with Gasteiger partial charge in [0.05, 0.1) is 19.4 Å². The average Bonchev–Trinajstić information content (AvgIpc) is 3.63. The molecule has 270 valence electrons. The lowest BCUT2D eigenvalue weighted by Crippen LogP contribution is -2.44. The van der Waals surface area contributed by atoms with Gasteiger partial charge in [0.25, 0.3) is 0 Å². The number of alkyl halides is 3. The van der Waals surface area contributed by atoms with Crippen molar-refractivity contribution in [2.24, 2.45) is 11.8 Å². The summed E-state index contributed by atoms with van der Waals surface area (Å²) in [5.74, 6) is 1.55. The smallest absolute Gasteiger partial charge is 0.496 e. The molecule has 3 aliphatic rings. The quantitative estimate of drug-likeness (QED) is 0.265. The molecule has 50 heavy (non-hydrogen) atoms. The van der Waals surface area contributed by atoms with Crippen LogP contribution in [0.1, 0.15) is 81.3 Å². The first-order valence-corrected chi connectivity index (χ1v) is 17.7. The molecule has 0 spiro atoms. The lowest BCUT2D eigenvalue weighted by Gasteiger charge is -2.36. The van der Waals surface area contributed by atoms with E-state index in [4.69, 9.17) is 9.47 Å². The Labute approximate surface area is 290 Å². The number of aryl methyl sites for hydroxylation is 1. The third-order valence-electron chi connectivity index (χ3n) is 10.7. The minimum atomic E-state index is -4.64. The van der Waals surface area contributed by atoms with Crippen LogP contribution in [0.2, 0.25) is 0 Å². The highest BCUT2D eigenvalue weighted by Crippen LogP contribution is 2.39. The number of rotatable bonds is 8. The molecule has 2 saturated carbocycles. The molecule has 3 heterocycles. The first-order chi connectivity index (χ1) is 24.0. The zero-order valence-electron chi connectivity index (χ0n) is 28.6. The fourth-order valence-corrected chi connectivity index (χ4v) is 7.66. The molecule has 0 radical (unpaired) electrons. The summed E-state index contributed by atoms with van der Waals surface area (Å²) in [6.07, 6.45) is 5.04. The van der Waals surface area contributed by atoms with Gasteiger partial charge in [0.1, 0.15) is 17.7 Å². The Hall–Kier alpha value is -4.13. The fraction of sp³-hybridized carbons (Fsp3) is 0.568. The first kappa shape index (κ1) is 35.7. The molecule has 1 saturated heterocycles. The van der Waals surface area contributed by atoms with Gasteiger partial charge in [-0.3, -0.25) is 9.69 Å². The number of nitrogens with zero attached hydrogens (tertiary/aromatic N) is 5. The number of carbonyl (C=O) groups excluding carboxylic acids is 2. The molecule has 1 aliphatic heterocycles. The molecule has 1 N–H and O–H groups in total. The summed E-state index contributed by atoms with van der Waals surface area (Å²) >= 11 is 0. The Morgan fingerprint density at radius 2 is 1.68 bits per heavy atom. The molecule has 0 unspecified atom stereocenters. The molecule has 3 fully saturated rings. The van der Waals surface area contributed by atoms with Gasteiger partial charge in [-0.15, -0.1) is 13.2 Å². The van der Waals surface area contributed by atoms with Crippen molar-refractivity contribution in [1.82, 2.24) is 19.7 Å². The SMILES string of the molecule is COc1ccc(C2CCC(CN(C(=O)C3CCC(OC(=O)N4CCC(O)CC4)CC3)c3cc(-c4cnn(C(F)(F)F)c4)ccn3)CC2)cc1C. The monoisotopic (exact) mass is 697 g/mol. The van der Waals surface area contributed by atoms with Gasteiger partial charge in [-0.2, -0.15) is 9.78 Å². The van der Waals surface area contributed by atoms with E-state index < -0.39 is 6.30 Å². The first-order valence-electron chi connectivity index (χ1n) is 17.7. The average molecular weight is 698 g/mol. The Morgan fingerprint density at radius 3 is 2.32 bits per heavy atom. The number of amides is 2. The highest BCUT2D eigenvalue weighted by molar-refractivity contribution is 5.94. The number of aliphatic hydroxyl groups is 1. The summed E-state index contributed by atoms with van der Waals surface area (Å²) in [4.78, 5) is 35.0. The van der Waals surface area contributed by atoms with Crippen LogP contribution in [0.3, 0.4) is 0 Å². The summed E-state index contributed by atoms with van der Waals surface area (Å²) < 4.78 is 51.0. The van der Waals surface area contributed by atoms with Crippen molar-refractivity contribution in [1.29, 1.82) is 0 Å². The summed E-state index contributed by atoms with van der Waals surface area (Å²) in [5, 5.41) is 13.2. The predicted molar refractivity (Wildman–Crippen MR) is 181 cm³/mol. The largest absolute Gasteiger partial charge is 0.504 e. The fourth-order valence-electron chi connectivity index (χ4n) is 7.66. The van der Waals surface area contributed by atoms with Gasteiger partial charge < -0.3 is 19.5 Å². The maximum Gasteiger partial charge on any atom is 0.504 e. The third-order valence-corrected chi connectivity index (χ3v) is 10.7. The Kier molecular flexibility index (Phi) is 11.0. The molecule has 2 amide bonds. The number of hydrogen-bond donors (Lipinski definition) is 1. The van der Waals surface area contributed by atoms with Gasteiger partial charge in [0.2, 0.25) is 5.91 Å². The number of piperidine rings is 1. The van der Waals surface area contributed by atoms with E-state index in [0.29, 0.717) is 75.5 Å². The van der Waals surface area contributed by atoms with Crippen LogP contribution in [-0.2, 0) is 15.8 Å². The number of aromatic nitrogens is 3. The molecule has 2 aliphatic carbocycles. The van der Waals surface area contributed by atoms with Gasteiger partial charge in [-0.1, -0.05) is 12.1 Å². The molecule has 6 rings (SSSR count). The zero-order chi connectivity index (χ0) is 35.4. The van der Waals surface area contributed by atoms with E-state index in [1.807, 2.05) is 13.0 Å². The van der Waals surface area contributed by atoms with Gasteiger partial charge in [-0.25, -0.2) is 9.78 Å². The maximum absolute atomic E-state index is 14.3. The molecule has 3 aromatic rings. The van der Waals surface area contributed by atoms with Gasteiger partial charge in [0, 0.05) is 43.5 Å². The minimum absolute atomic E-state index is 0.0337. The number of likely N-dealkylation sites (tertiary alicyclic amines) is 1. The highest BCUT2D eigenvalue weighted by atomic mass is 19.4. The van der Waals surface area contributed by atoms with E-state index in [2.05, 4.69) is 22.2 Å². The highest BCUT2D eigenvalue weighted by Gasteiger charge is 2.36. The lowest BCUT2D eigenvalue weighted by molar-refractivity contribution is -0.212. The van der Waals surface area contributed by atoms with E-state index in [0.717, 1.165) is 49.4 Å². The summed E-state index contributed by atoms with van der Waals surface area (Å²) in [5.41, 5.74) is 3.16. The van der Waals surface area contributed by atoms with E-state index in [1.54, 1.807) is 29.0 Å². The second kappa shape index (κ2) is 15.4. The van der Waals surface area contributed by atoms with Crippen LogP contribution >= 0.6 is 0 Å². The van der Waals surface area contributed by atoms with Crippen LogP contribution in [-0.4, -0.2) is 75.7 Å². The second-order valence-corrected chi connectivity index (χ2v) is 14.0. The van der Waals surface area contributed by atoms with E-state index >= 15 is 0 Å². The number of methoxy groups -OCH3 is 1. The third kappa shape index (κ3) is 8.42. The number of pyridine rings is 1. The number of ether oxygens (including phenoxy) is 2. The molecular weight excluding hydrogens is 651 g/mol. The lowest BCUT2D eigenvalue weighted by atomic mass is 9.78. The second-order valence-electron chi connectivity index (χ2n) is 14.0. The van der Waals surface area contributed by atoms with Crippen molar-refractivity contribution in [2.45, 2.75) is 95.6 Å². The van der Waals surface area contributed by atoms with Crippen LogP contribution in [0.25, 0.3) is 11.1 Å². The van der Waals surface area contributed by atoms with Gasteiger partial charge in [0.15, 0.2) is 0 Å². The van der Waals surface area contributed by atoms with Crippen LogP contribution in [0.4, 0.5) is 23.8 Å². The minimum Gasteiger partial charge on any atom is -0.496 e. The van der Waals surface area contributed by atoms with E-state index in [1.165, 1.54) is 11.8 Å². The number of benzene rings is 1. The summed E-state index contributed by atoms with van der Waals surface area (Å²) in [6.45, 7) is 3.44. The number of aliphatic hydroxyl groups excluding tert-OH is 1. The number of carbonyl (C=O) groups is 2. The Balaban J connectivity index is 1.15. The van der Waals surface area contributed by atoms with Crippen LogP contribution in [0.15, 0.2) is 48.9 Å². The number of hydrogen-bond acceptors (Lipinski definition) is 7. The van der Waals surface area contributed by atoms with Gasteiger partial charge in [-0.05, 0) is 118 Å². The summed E-state index contributed by atoms with van der Waals surface area (Å²) in [7, 11) is 1.67. The molecule has 1 aromatic carbocycles. The number of anilines is 1. The van der Waals surface area contributed by atoms with Crippen molar-refractivity contribution in [3.8, 4) is 16.9 Å². The van der Waals surface area contributed by atoms with Crippen LogP contribution in [0.5, 0.6) is 5.75 Å². The molecule has 2 aromatic heterocycles. The molecule has 0 bridgehead atoms. The molecule has 10 nitrogen and oxygen atoms in total. The van der Waals surface area contributed by atoms with Crippen LogP contribution < -0.4 is 9.64 Å². The summed E-state index contributed by atoms with van der Waals surface area (Å²) in [6, 6.07) is 9.63. The van der Waals surface area contributed by atoms with Crippen molar-refractivity contribution < 1.29 is 37.3 Å². The predicted octanol–water partition coefficient (Wildman–Crippen LogP) is 7.20. The van der Waals surface area contributed by atoms with Crippen molar-refractivity contribution in [2.75, 3.05) is 31.6 Å². The molecular formula is C37H46F3N5O5. The van der Waals surface area contributed by atoms with Crippen molar-refractivity contribution in [3.63, 3.8) is 0 Å². The zero-order valence-corrected chi connectivity index (χ0v) is 28.6. The number of halogens is 3. The normalized spacial score (nSPS) is 23.4. The van der Waals surface area contributed by atoms with Crippen LogP contribution in [0, 0.1) is 18.8 Å². The Bertz CT molecular complexity index is 1620. The Morgan fingerprint density at radius 1 is 0.960 bits per heavy atom. The van der Waals surface area contributed by atoms with Gasteiger partial charge >= 0.3 is 12.4 Å².